The fourth-order valence-corrected chi connectivity index (χ4v) is 4.52. The van der Waals surface area contributed by atoms with Gasteiger partial charge in [0, 0.05) is 44.0 Å². The standard InChI is InChI=1S/C26H27FN6/c27-24-14-8-7-13-23(24)25(32-19-17-31(18-20-32)22-11-5-2-6-12-22)26-28-29-30-33(26)16-15-21-9-3-1-4-10-21/h1-14,25H,15-20H2/t25-/m1/s1. The number of hydrogen-bond donors (Lipinski definition) is 0. The number of tetrazole rings is 1. The van der Waals surface area contributed by atoms with Gasteiger partial charge in [-0.1, -0.05) is 66.7 Å². The lowest BCUT2D eigenvalue weighted by Crippen LogP contribution is -2.48. The van der Waals surface area contributed by atoms with Crippen LogP contribution in [0.5, 0.6) is 0 Å². The monoisotopic (exact) mass is 442 g/mol. The van der Waals surface area contributed by atoms with Crippen LogP contribution in [0.1, 0.15) is 23.0 Å². The van der Waals surface area contributed by atoms with Gasteiger partial charge in [0.1, 0.15) is 11.9 Å². The molecule has 5 rings (SSSR count). The van der Waals surface area contributed by atoms with Crippen LogP contribution in [0.3, 0.4) is 0 Å². The van der Waals surface area contributed by atoms with Gasteiger partial charge in [-0.3, -0.25) is 4.90 Å². The molecule has 1 aromatic heterocycles. The average Bonchev–Trinajstić information content (AvgIpc) is 3.34. The number of anilines is 1. The van der Waals surface area contributed by atoms with Crippen molar-refractivity contribution >= 4 is 5.69 Å². The number of hydrogen-bond acceptors (Lipinski definition) is 5. The van der Waals surface area contributed by atoms with E-state index in [0.717, 1.165) is 32.6 Å². The summed E-state index contributed by atoms with van der Waals surface area (Å²) < 4.78 is 16.8. The maximum Gasteiger partial charge on any atom is 0.173 e. The molecule has 0 spiro atoms. The van der Waals surface area contributed by atoms with Gasteiger partial charge in [0.05, 0.1) is 0 Å². The van der Waals surface area contributed by atoms with Crippen molar-refractivity contribution in [2.45, 2.75) is 19.0 Å². The van der Waals surface area contributed by atoms with Gasteiger partial charge in [0.15, 0.2) is 5.82 Å². The predicted molar refractivity (Wildman–Crippen MR) is 126 cm³/mol. The summed E-state index contributed by atoms with van der Waals surface area (Å²) in [5.74, 6) is 0.454. The van der Waals surface area contributed by atoms with Crippen LogP contribution in [0.15, 0.2) is 84.9 Å². The number of para-hydroxylation sites is 1. The van der Waals surface area contributed by atoms with Crippen LogP contribution in [0, 0.1) is 5.82 Å². The van der Waals surface area contributed by atoms with Gasteiger partial charge in [0.25, 0.3) is 0 Å². The van der Waals surface area contributed by atoms with Crippen molar-refractivity contribution in [1.82, 2.24) is 25.1 Å². The first kappa shape index (κ1) is 21.3. The van der Waals surface area contributed by atoms with Crippen LogP contribution in [-0.2, 0) is 13.0 Å². The molecule has 168 valence electrons. The molecule has 3 aromatic carbocycles. The largest absolute Gasteiger partial charge is 0.369 e. The molecule has 0 bridgehead atoms. The van der Waals surface area contributed by atoms with E-state index in [-0.39, 0.29) is 11.9 Å². The Bertz CT molecular complexity index is 1160. The van der Waals surface area contributed by atoms with E-state index in [0.29, 0.717) is 17.9 Å². The molecular formula is C26H27FN6. The maximum absolute atomic E-state index is 15.0. The zero-order chi connectivity index (χ0) is 22.5. The number of nitrogens with zero attached hydrogens (tertiary/aromatic N) is 6. The van der Waals surface area contributed by atoms with Crippen molar-refractivity contribution in [2.24, 2.45) is 0 Å². The molecule has 0 saturated carbocycles. The van der Waals surface area contributed by atoms with Gasteiger partial charge < -0.3 is 4.90 Å². The highest BCUT2D eigenvalue weighted by atomic mass is 19.1. The van der Waals surface area contributed by atoms with E-state index in [1.807, 2.05) is 41.1 Å². The lowest BCUT2D eigenvalue weighted by atomic mass is 10.0. The van der Waals surface area contributed by atoms with Crippen molar-refractivity contribution in [3.8, 4) is 0 Å². The molecule has 7 heteroatoms. The van der Waals surface area contributed by atoms with Gasteiger partial charge >= 0.3 is 0 Å². The SMILES string of the molecule is Fc1ccccc1[C@H](c1nnnn1CCc1ccccc1)N1CCN(c2ccccc2)CC1. The van der Waals surface area contributed by atoms with E-state index in [9.17, 15) is 4.39 Å². The summed E-state index contributed by atoms with van der Waals surface area (Å²) in [6.45, 7) is 3.95. The van der Waals surface area contributed by atoms with Crippen LogP contribution in [-0.4, -0.2) is 51.3 Å². The molecular weight excluding hydrogens is 415 g/mol. The molecule has 0 N–H and O–H groups in total. The van der Waals surface area contributed by atoms with E-state index in [1.54, 1.807) is 6.07 Å². The van der Waals surface area contributed by atoms with E-state index >= 15 is 0 Å². The highest BCUT2D eigenvalue weighted by molar-refractivity contribution is 5.46. The fourth-order valence-electron chi connectivity index (χ4n) is 4.52. The minimum atomic E-state index is -0.338. The van der Waals surface area contributed by atoms with Crippen molar-refractivity contribution in [3.63, 3.8) is 0 Å². The summed E-state index contributed by atoms with van der Waals surface area (Å²) in [4.78, 5) is 4.66. The van der Waals surface area contributed by atoms with Crippen LogP contribution in [0.2, 0.25) is 0 Å². The Hall–Kier alpha value is -3.58. The third kappa shape index (κ3) is 4.78. The van der Waals surface area contributed by atoms with Crippen molar-refractivity contribution in [1.29, 1.82) is 0 Å². The van der Waals surface area contributed by atoms with Gasteiger partial charge in [-0.15, -0.1) is 5.10 Å². The Balaban J connectivity index is 1.40. The van der Waals surface area contributed by atoms with Crippen LogP contribution < -0.4 is 4.90 Å². The maximum atomic E-state index is 15.0. The number of piperazine rings is 1. The second-order valence-electron chi connectivity index (χ2n) is 8.28. The molecule has 0 unspecified atom stereocenters. The molecule has 1 atom stereocenters. The van der Waals surface area contributed by atoms with Crippen LogP contribution in [0.25, 0.3) is 0 Å². The molecule has 0 aliphatic carbocycles. The first-order valence-corrected chi connectivity index (χ1v) is 11.4. The van der Waals surface area contributed by atoms with E-state index < -0.39 is 0 Å². The number of benzene rings is 3. The normalized spacial score (nSPS) is 15.5. The third-order valence-corrected chi connectivity index (χ3v) is 6.26. The Morgan fingerprint density at radius 1 is 0.788 bits per heavy atom. The minimum absolute atomic E-state index is 0.231. The number of aryl methyl sites for hydroxylation is 2. The summed E-state index contributed by atoms with van der Waals surface area (Å²) in [7, 11) is 0. The predicted octanol–water partition coefficient (Wildman–Crippen LogP) is 3.97. The molecule has 1 aliphatic rings. The quantitative estimate of drug-likeness (QED) is 0.434. The second-order valence-corrected chi connectivity index (χ2v) is 8.28. The Morgan fingerprint density at radius 2 is 1.45 bits per heavy atom. The van der Waals surface area contributed by atoms with Gasteiger partial charge in [0.2, 0.25) is 0 Å². The average molecular weight is 443 g/mol. The lowest BCUT2D eigenvalue weighted by Gasteiger charge is -2.40. The topological polar surface area (TPSA) is 50.1 Å². The Kier molecular flexibility index (Phi) is 6.39. The first-order valence-electron chi connectivity index (χ1n) is 11.4. The van der Waals surface area contributed by atoms with Gasteiger partial charge in [-0.05, 0) is 40.6 Å². The molecule has 1 aliphatic heterocycles. The molecule has 4 aromatic rings. The van der Waals surface area contributed by atoms with Crippen molar-refractivity contribution < 1.29 is 4.39 Å². The fraction of sp³-hybridized carbons (Fsp3) is 0.269. The molecule has 2 heterocycles. The van der Waals surface area contributed by atoms with Crippen LogP contribution in [0.4, 0.5) is 10.1 Å². The molecule has 0 amide bonds. The zero-order valence-corrected chi connectivity index (χ0v) is 18.5. The molecule has 1 fully saturated rings. The minimum Gasteiger partial charge on any atom is -0.369 e. The highest BCUT2D eigenvalue weighted by Gasteiger charge is 2.32. The summed E-state index contributed by atoms with van der Waals surface area (Å²) >= 11 is 0. The van der Waals surface area contributed by atoms with Crippen molar-refractivity contribution in [3.05, 3.63) is 108 Å². The number of halogens is 1. The lowest BCUT2D eigenvalue weighted by molar-refractivity contribution is 0.197. The van der Waals surface area contributed by atoms with Gasteiger partial charge in [-0.25, -0.2) is 9.07 Å². The highest BCUT2D eigenvalue weighted by Crippen LogP contribution is 2.30. The summed E-state index contributed by atoms with van der Waals surface area (Å²) in [6.07, 6.45) is 0.810. The summed E-state index contributed by atoms with van der Waals surface area (Å²) in [5.41, 5.74) is 3.05. The van der Waals surface area contributed by atoms with E-state index in [1.165, 1.54) is 17.3 Å². The number of rotatable bonds is 7. The zero-order valence-electron chi connectivity index (χ0n) is 18.5. The Labute approximate surface area is 193 Å². The second kappa shape index (κ2) is 9.92. The molecule has 6 nitrogen and oxygen atoms in total. The smallest absolute Gasteiger partial charge is 0.173 e. The van der Waals surface area contributed by atoms with Crippen molar-refractivity contribution in [2.75, 3.05) is 31.1 Å². The first-order chi connectivity index (χ1) is 16.3. The third-order valence-electron chi connectivity index (χ3n) is 6.26. The summed E-state index contributed by atoms with van der Waals surface area (Å²) in [6, 6.07) is 27.3. The Morgan fingerprint density at radius 3 is 2.18 bits per heavy atom. The van der Waals surface area contributed by atoms with E-state index in [4.69, 9.17) is 0 Å². The molecule has 0 radical (unpaired) electrons. The molecule has 1 saturated heterocycles. The summed E-state index contributed by atoms with van der Waals surface area (Å²) in [5, 5.41) is 12.6. The molecule has 33 heavy (non-hydrogen) atoms. The number of aromatic nitrogens is 4. The van der Waals surface area contributed by atoms with E-state index in [2.05, 4.69) is 61.7 Å². The van der Waals surface area contributed by atoms with Gasteiger partial charge in [-0.2, -0.15) is 0 Å². The van der Waals surface area contributed by atoms with Crippen LogP contribution >= 0.6 is 0 Å².